The molecule has 0 atom stereocenters. The van der Waals surface area contributed by atoms with Crippen LogP contribution < -0.4 is 5.73 Å². The van der Waals surface area contributed by atoms with E-state index in [1.807, 2.05) is 0 Å². The fourth-order valence-corrected chi connectivity index (χ4v) is 0.674. The second kappa shape index (κ2) is 2.64. The Morgan fingerprint density at radius 2 is 2.08 bits per heavy atom. The van der Waals surface area contributed by atoms with Crippen LogP contribution in [0.5, 0.6) is 0 Å². The number of nitrogen functional groups attached to an aromatic ring is 1. The maximum absolute atomic E-state index is 12.0. The summed E-state index contributed by atoms with van der Waals surface area (Å²) in [6.07, 6.45) is -4.88. The van der Waals surface area contributed by atoms with Crippen LogP contribution in [0.4, 0.5) is 19.2 Å². The minimum atomic E-state index is -4.88. The normalized spacial score (nSPS) is 11.6. The highest BCUT2D eigenvalue weighted by Crippen LogP contribution is 2.32. The lowest BCUT2D eigenvalue weighted by molar-refractivity contribution is -0.141. The van der Waals surface area contributed by atoms with Gasteiger partial charge in [-0.25, -0.2) is 4.79 Å². The van der Waals surface area contributed by atoms with Gasteiger partial charge in [0.05, 0.1) is 0 Å². The number of aromatic carboxylic acids is 1. The van der Waals surface area contributed by atoms with E-state index in [9.17, 15) is 18.0 Å². The van der Waals surface area contributed by atoms with Crippen LogP contribution in [0.3, 0.4) is 0 Å². The summed E-state index contributed by atoms with van der Waals surface area (Å²) in [6.45, 7) is 0. The SMILES string of the molecule is Nc1nc(C(F)(F)F)c(C(=O)O)o1. The molecule has 0 bridgehead atoms. The fraction of sp³-hybridized carbons (Fsp3) is 0.200. The molecule has 1 heterocycles. The van der Waals surface area contributed by atoms with Gasteiger partial charge in [0.1, 0.15) is 0 Å². The van der Waals surface area contributed by atoms with Gasteiger partial charge >= 0.3 is 12.1 Å². The van der Waals surface area contributed by atoms with Crippen molar-refractivity contribution in [3.8, 4) is 0 Å². The lowest BCUT2D eigenvalue weighted by Crippen LogP contribution is -2.11. The molecule has 0 aliphatic rings. The zero-order valence-electron chi connectivity index (χ0n) is 5.92. The van der Waals surface area contributed by atoms with Crippen molar-refractivity contribution in [1.29, 1.82) is 0 Å². The van der Waals surface area contributed by atoms with Crippen LogP contribution in [0.25, 0.3) is 0 Å². The van der Waals surface area contributed by atoms with E-state index in [1.54, 1.807) is 0 Å². The smallest absolute Gasteiger partial charge is 0.437 e. The largest absolute Gasteiger partial charge is 0.475 e. The monoisotopic (exact) mass is 196 g/mol. The zero-order chi connectivity index (χ0) is 10.2. The van der Waals surface area contributed by atoms with E-state index in [4.69, 9.17) is 10.8 Å². The Balaban J connectivity index is 3.28. The first kappa shape index (κ1) is 9.36. The van der Waals surface area contributed by atoms with E-state index in [0.717, 1.165) is 0 Å². The summed E-state index contributed by atoms with van der Waals surface area (Å²) in [6, 6.07) is -0.829. The molecular weight excluding hydrogens is 193 g/mol. The molecule has 1 rings (SSSR count). The third-order valence-electron chi connectivity index (χ3n) is 1.11. The topological polar surface area (TPSA) is 89.3 Å². The second-order valence-electron chi connectivity index (χ2n) is 2.03. The first-order chi connectivity index (χ1) is 5.82. The molecule has 1 aromatic heterocycles. The van der Waals surface area contributed by atoms with Crippen LogP contribution in [0, 0.1) is 0 Å². The molecule has 0 unspecified atom stereocenters. The number of anilines is 1. The van der Waals surface area contributed by atoms with Crippen molar-refractivity contribution in [2.45, 2.75) is 6.18 Å². The summed E-state index contributed by atoms with van der Waals surface area (Å²) >= 11 is 0. The third-order valence-corrected chi connectivity index (χ3v) is 1.11. The summed E-state index contributed by atoms with van der Waals surface area (Å²) in [4.78, 5) is 12.9. The summed E-state index contributed by atoms with van der Waals surface area (Å²) in [7, 11) is 0. The highest BCUT2D eigenvalue weighted by molar-refractivity contribution is 5.86. The van der Waals surface area contributed by atoms with Gasteiger partial charge in [-0.3, -0.25) is 0 Å². The van der Waals surface area contributed by atoms with E-state index in [2.05, 4.69) is 9.40 Å². The van der Waals surface area contributed by atoms with Crippen LogP contribution in [0.2, 0.25) is 0 Å². The van der Waals surface area contributed by atoms with Crippen LogP contribution in [0.1, 0.15) is 16.2 Å². The maximum Gasteiger partial charge on any atom is 0.437 e. The Kier molecular flexibility index (Phi) is 1.90. The molecule has 1 aromatic rings. The maximum atomic E-state index is 12.0. The Morgan fingerprint density at radius 3 is 2.38 bits per heavy atom. The van der Waals surface area contributed by atoms with Gasteiger partial charge in [-0.2, -0.15) is 18.2 Å². The highest BCUT2D eigenvalue weighted by Gasteiger charge is 2.40. The second-order valence-corrected chi connectivity index (χ2v) is 2.03. The van der Waals surface area contributed by atoms with Crippen molar-refractivity contribution in [3.63, 3.8) is 0 Å². The Morgan fingerprint density at radius 1 is 1.54 bits per heavy atom. The molecule has 0 aromatic carbocycles. The average Bonchev–Trinajstić information content (AvgIpc) is 2.29. The van der Waals surface area contributed by atoms with Gasteiger partial charge in [-0.05, 0) is 0 Å². The van der Waals surface area contributed by atoms with Gasteiger partial charge < -0.3 is 15.3 Å². The number of halogens is 3. The molecule has 3 N–H and O–H groups in total. The number of carbonyl (C=O) groups is 1. The minimum Gasteiger partial charge on any atom is -0.475 e. The number of carboxylic acids is 1. The van der Waals surface area contributed by atoms with Crippen LogP contribution >= 0.6 is 0 Å². The summed E-state index contributed by atoms with van der Waals surface area (Å²) in [5.74, 6) is -3.17. The molecule has 0 spiro atoms. The van der Waals surface area contributed by atoms with Gasteiger partial charge in [-0.1, -0.05) is 0 Å². The van der Waals surface area contributed by atoms with E-state index in [1.165, 1.54) is 0 Å². The molecule has 8 heteroatoms. The first-order valence-electron chi connectivity index (χ1n) is 2.89. The van der Waals surface area contributed by atoms with Gasteiger partial charge in [0.25, 0.3) is 6.01 Å². The van der Waals surface area contributed by atoms with Crippen molar-refractivity contribution in [3.05, 3.63) is 11.5 Å². The standard InChI is InChI=1S/C5H3F3N2O3/c6-5(7,8)2-1(3(11)12)13-4(9)10-2/h(H2,9,10)(H,11,12). The predicted molar refractivity (Wildman–Crippen MR) is 32.9 cm³/mol. The van der Waals surface area contributed by atoms with Gasteiger partial charge in [0.15, 0.2) is 5.69 Å². The summed E-state index contributed by atoms with van der Waals surface area (Å²) in [5.41, 5.74) is 3.15. The fourth-order valence-electron chi connectivity index (χ4n) is 0.674. The Hall–Kier alpha value is -1.73. The number of nitrogens with zero attached hydrogens (tertiary/aromatic N) is 1. The molecule has 0 aliphatic carbocycles. The lowest BCUT2D eigenvalue weighted by Gasteiger charge is -2.00. The molecular formula is C5H3F3N2O3. The molecule has 72 valence electrons. The van der Waals surface area contributed by atoms with Crippen molar-refractivity contribution >= 4 is 12.0 Å². The van der Waals surface area contributed by atoms with Crippen LogP contribution in [-0.2, 0) is 6.18 Å². The number of hydrogen-bond acceptors (Lipinski definition) is 4. The van der Waals surface area contributed by atoms with E-state index >= 15 is 0 Å². The van der Waals surface area contributed by atoms with Crippen LogP contribution in [-0.4, -0.2) is 16.1 Å². The van der Waals surface area contributed by atoms with Gasteiger partial charge in [0, 0.05) is 0 Å². The summed E-state index contributed by atoms with van der Waals surface area (Å²) in [5, 5.41) is 8.25. The van der Waals surface area contributed by atoms with Crippen molar-refractivity contribution in [1.82, 2.24) is 4.98 Å². The molecule has 13 heavy (non-hydrogen) atoms. The molecule has 0 aliphatic heterocycles. The Bertz CT molecular complexity index is 343. The van der Waals surface area contributed by atoms with Crippen LogP contribution in [0.15, 0.2) is 4.42 Å². The predicted octanol–water partition coefficient (Wildman–Crippen LogP) is 0.974. The van der Waals surface area contributed by atoms with Gasteiger partial charge in [0.2, 0.25) is 5.76 Å². The number of hydrogen-bond donors (Lipinski definition) is 2. The summed E-state index contributed by atoms with van der Waals surface area (Å²) < 4.78 is 40.0. The molecule has 0 amide bonds. The molecule has 0 saturated heterocycles. The number of nitrogens with two attached hydrogens (primary N) is 1. The number of alkyl halides is 3. The zero-order valence-corrected chi connectivity index (χ0v) is 5.92. The van der Waals surface area contributed by atoms with Crippen molar-refractivity contribution in [2.75, 3.05) is 5.73 Å². The average molecular weight is 196 g/mol. The molecule has 0 radical (unpaired) electrons. The highest BCUT2D eigenvalue weighted by atomic mass is 19.4. The number of carboxylic acid groups (broad SMARTS) is 1. The van der Waals surface area contributed by atoms with Gasteiger partial charge in [-0.15, -0.1) is 0 Å². The quantitative estimate of drug-likeness (QED) is 0.698. The molecule has 0 fully saturated rings. The van der Waals surface area contributed by atoms with E-state index < -0.39 is 29.6 Å². The number of oxazole rings is 1. The van der Waals surface area contributed by atoms with Crippen molar-refractivity contribution < 1.29 is 27.5 Å². The minimum absolute atomic E-state index is 0.829. The molecule has 0 saturated carbocycles. The first-order valence-corrected chi connectivity index (χ1v) is 2.89. The third kappa shape index (κ3) is 1.71. The Labute approximate surface area is 69.0 Å². The number of aromatic nitrogens is 1. The van der Waals surface area contributed by atoms with E-state index in [0.29, 0.717) is 0 Å². The van der Waals surface area contributed by atoms with E-state index in [-0.39, 0.29) is 0 Å². The lowest BCUT2D eigenvalue weighted by atomic mass is 10.3. The number of rotatable bonds is 1. The van der Waals surface area contributed by atoms with Crippen molar-refractivity contribution in [2.24, 2.45) is 0 Å². The molecule has 5 nitrogen and oxygen atoms in total.